The molecule has 3 aromatic rings. The Labute approximate surface area is 380 Å². The molecule has 0 fully saturated rings. The lowest BCUT2D eigenvalue weighted by atomic mass is 9.37. The first-order chi connectivity index (χ1) is 29.1. The molecule has 2 aliphatic carbocycles. The summed E-state index contributed by atoms with van der Waals surface area (Å²) in [5.41, 5.74) is 15.4. The third-order valence-corrected chi connectivity index (χ3v) is 14.1. The standard InChI is InChI=1S/C58H85BN2O/c1-17-45(22-20-29-56(11,12)30-28-40(5)6)59(55-35-44-34-50-51(37-54(44)62-55)58(15,16)32-31-57(50,13)14)52(38-60-46(18-2)23-19-21-39(3)4)53(33-41(7)8)61-47-26-27-48-42(9)24-25-43(10)49(48)36-47/h17-20,22-23,26-27,33-37,39-40,42-43,60-61H,21,24-25,28-32,38H2,1-16H3/b22-20-,23-19-,45-17+,46-18+,53-52-. The van der Waals surface area contributed by atoms with Crippen LogP contribution in [0.25, 0.3) is 11.0 Å². The molecule has 1 aromatic heterocycles. The average Bonchev–Trinajstić information content (AvgIpc) is 3.62. The molecule has 0 aliphatic heterocycles. The lowest BCUT2D eigenvalue weighted by Gasteiger charge is -2.41. The van der Waals surface area contributed by atoms with Gasteiger partial charge >= 0.3 is 0 Å². The number of fused-ring (bicyclic) bond motifs is 3. The molecule has 4 heteroatoms. The van der Waals surface area contributed by atoms with Crippen molar-refractivity contribution in [2.24, 2.45) is 17.3 Å². The summed E-state index contributed by atoms with van der Waals surface area (Å²) in [6.07, 6.45) is 25.7. The van der Waals surface area contributed by atoms with E-state index in [-0.39, 0.29) is 23.0 Å². The van der Waals surface area contributed by atoms with Crippen molar-refractivity contribution in [1.82, 2.24) is 5.32 Å². The van der Waals surface area contributed by atoms with Crippen LogP contribution in [0.2, 0.25) is 0 Å². The molecule has 336 valence electrons. The number of hydrogen-bond acceptors (Lipinski definition) is 3. The van der Waals surface area contributed by atoms with E-state index >= 15 is 0 Å². The smallest absolute Gasteiger partial charge is 0.287 e. The van der Waals surface area contributed by atoms with E-state index in [9.17, 15) is 0 Å². The Bertz CT molecular complexity index is 2140. The van der Waals surface area contributed by atoms with Crippen molar-refractivity contribution in [2.45, 2.75) is 185 Å². The summed E-state index contributed by atoms with van der Waals surface area (Å²) in [5, 5.41) is 9.19. The van der Waals surface area contributed by atoms with Crippen LogP contribution < -0.4 is 16.3 Å². The highest BCUT2D eigenvalue weighted by atomic mass is 16.3. The summed E-state index contributed by atoms with van der Waals surface area (Å²) in [6, 6.07) is 14.3. The van der Waals surface area contributed by atoms with Crippen LogP contribution in [0.1, 0.15) is 196 Å². The Morgan fingerprint density at radius 2 is 1.50 bits per heavy atom. The first-order valence-electron chi connectivity index (χ1n) is 24.4. The summed E-state index contributed by atoms with van der Waals surface area (Å²) in [6.45, 7) is 37.8. The van der Waals surface area contributed by atoms with Crippen molar-refractivity contribution in [3.05, 3.63) is 129 Å². The molecule has 0 spiro atoms. The van der Waals surface area contributed by atoms with Crippen LogP contribution in [-0.4, -0.2) is 13.3 Å². The van der Waals surface area contributed by atoms with Crippen LogP contribution in [0.3, 0.4) is 0 Å². The molecule has 0 bridgehead atoms. The Balaban J connectivity index is 1.76. The van der Waals surface area contributed by atoms with Gasteiger partial charge in [0.15, 0.2) is 0 Å². The predicted octanol–water partition coefficient (Wildman–Crippen LogP) is 16.3. The normalized spacial score (nSPS) is 19.6. The second kappa shape index (κ2) is 20.7. The molecule has 0 radical (unpaired) electrons. The molecular formula is C58H85BN2O. The largest absolute Gasteiger partial charge is 0.470 e. The number of benzene rings is 2. The highest BCUT2D eigenvalue weighted by Crippen LogP contribution is 2.47. The Morgan fingerprint density at radius 1 is 0.839 bits per heavy atom. The van der Waals surface area contributed by atoms with Crippen molar-refractivity contribution in [3.63, 3.8) is 0 Å². The topological polar surface area (TPSA) is 37.2 Å². The summed E-state index contributed by atoms with van der Waals surface area (Å²) < 4.78 is 7.25. The molecule has 0 saturated heterocycles. The zero-order valence-electron chi connectivity index (χ0n) is 42.2. The zero-order valence-corrected chi connectivity index (χ0v) is 42.2. The van der Waals surface area contributed by atoms with Gasteiger partial charge in [-0.3, -0.25) is 0 Å². The minimum atomic E-state index is -0.152. The first-order valence-corrected chi connectivity index (χ1v) is 24.4. The van der Waals surface area contributed by atoms with Gasteiger partial charge in [0.25, 0.3) is 6.71 Å². The van der Waals surface area contributed by atoms with Crippen molar-refractivity contribution in [3.8, 4) is 0 Å². The molecule has 1 heterocycles. The quantitative estimate of drug-likeness (QED) is 0.0990. The fraction of sp³-hybridized carbons (Fsp3) is 0.552. The van der Waals surface area contributed by atoms with E-state index < -0.39 is 0 Å². The maximum Gasteiger partial charge on any atom is 0.287 e. The fourth-order valence-corrected chi connectivity index (χ4v) is 9.72. The Hall–Kier alpha value is -3.92. The number of nitrogens with one attached hydrogen (secondary N) is 2. The molecule has 2 unspecified atom stereocenters. The summed E-state index contributed by atoms with van der Waals surface area (Å²) >= 11 is 0. The van der Waals surface area contributed by atoms with E-state index in [0.717, 1.165) is 41.2 Å². The first kappa shape index (κ1) is 49.1. The van der Waals surface area contributed by atoms with E-state index in [4.69, 9.17) is 4.42 Å². The van der Waals surface area contributed by atoms with E-state index in [1.165, 1.54) is 82.7 Å². The highest BCUT2D eigenvalue weighted by molar-refractivity contribution is 6.86. The minimum absolute atomic E-state index is 0.0939. The molecule has 0 amide bonds. The summed E-state index contributed by atoms with van der Waals surface area (Å²) in [7, 11) is 0. The molecule has 2 N–H and O–H groups in total. The molecule has 2 aliphatic rings. The van der Waals surface area contributed by atoms with Crippen LogP contribution in [0.15, 0.2) is 111 Å². The molecule has 3 nitrogen and oxygen atoms in total. The van der Waals surface area contributed by atoms with Gasteiger partial charge in [0, 0.05) is 29.0 Å². The maximum absolute atomic E-state index is 7.25. The van der Waals surface area contributed by atoms with Crippen LogP contribution in [0, 0.1) is 17.3 Å². The van der Waals surface area contributed by atoms with Gasteiger partial charge in [0.2, 0.25) is 0 Å². The van der Waals surface area contributed by atoms with Gasteiger partial charge in [0.1, 0.15) is 5.58 Å². The highest BCUT2D eigenvalue weighted by Gasteiger charge is 2.38. The fourth-order valence-electron chi connectivity index (χ4n) is 9.72. The van der Waals surface area contributed by atoms with Crippen LogP contribution >= 0.6 is 0 Å². The van der Waals surface area contributed by atoms with Crippen molar-refractivity contribution >= 4 is 29.0 Å². The SMILES string of the molecule is C/C=C(\C=C/CC(C)(C)CCC(C)C)B(/C(CNC(/C=C\CC(C)C)=C/C)=C(/C=C(C)C)Nc1ccc2c(c1)C(C)CCC2C)c1cc2cc3c(cc2o1)C(C)(C)CCC3(C)C. The second-order valence-corrected chi connectivity index (χ2v) is 22.4. The molecule has 2 atom stereocenters. The summed E-state index contributed by atoms with van der Waals surface area (Å²) in [4.78, 5) is 0. The van der Waals surface area contributed by atoms with Crippen LogP contribution in [-0.2, 0) is 10.8 Å². The minimum Gasteiger partial charge on any atom is -0.470 e. The molecule has 0 saturated carbocycles. The van der Waals surface area contributed by atoms with Gasteiger partial charge in [-0.2, -0.15) is 0 Å². The van der Waals surface area contributed by atoms with E-state index in [2.05, 4.69) is 200 Å². The Morgan fingerprint density at radius 3 is 2.11 bits per heavy atom. The van der Waals surface area contributed by atoms with Gasteiger partial charge in [-0.05, 0) is 183 Å². The second-order valence-electron chi connectivity index (χ2n) is 22.4. The van der Waals surface area contributed by atoms with Gasteiger partial charge in [-0.1, -0.05) is 137 Å². The monoisotopic (exact) mass is 837 g/mol. The maximum atomic E-state index is 7.25. The Kier molecular flexibility index (Phi) is 16.4. The number of anilines is 1. The summed E-state index contributed by atoms with van der Waals surface area (Å²) in [5.74, 6) is 2.44. The third kappa shape index (κ3) is 12.4. The number of furan rings is 1. The van der Waals surface area contributed by atoms with Gasteiger partial charge in [-0.25, -0.2) is 0 Å². The van der Waals surface area contributed by atoms with E-state index in [1.54, 1.807) is 0 Å². The number of rotatable bonds is 18. The molecule has 62 heavy (non-hydrogen) atoms. The number of allylic oxidation sites excluding steroid dienone is 9. The van der Waals surface area contributed by atoms with Gasteiger partial charge in [-0.15, -0.1) is 0 Å². The van der Waals surface area contributed by atoms with Crippen LogP contribution in [0.4, 0.5) is 5.69 Å². The number of hydrogen-bond donors (Lipinski definition) is 2. The van der Waals surface area contributed by atoms with Crippen molar-refractivity contribution in [2.75, 3.05) is 11.9 Å². The molecule has 2 aromatic carbocycles. The van der Waals surface area contributed by atoms with Crippen molar-refractivity contribution in [1.29, 1.82) is 0 Å². The predicted molar refractivity (Wildman–Crippen MR) is 275 cm³/mol. The van der Waals surface area contributed by atoms with Crippen molar-refractivity contribution < 1.29 is 4.42 Å². The van der Waals surface area contributed by atoms with Gasteiger partial charge in [0.05, 0.1) is 5.66 Å². The van der Waals surface area contributed by atoms with E-state index in [0.29, 0.717) is 30.2 Å². The third-order valence-electron chi connectivity index (χ3n) is 14.1. The van der Waals surface area contributed by atoms with E-state index in [1.807, 2.05) is 0 Å². The zero-order chi connectivity index (χ0) is 45.6. The lowest BCUT2D eigenvalue weighted by molar-refractivity contribution is 0.308. The van der Waals surface area contributed by atoms with Gasteiger partial charge < -0.3 is 15.1 Å². The molecular weight excluding hydrogens is 751 g/mol. The van der Waals surface area contributed by atoms with Crippen LogP contribution in [0.5, 0.6) is 0 Å². The molecule has 5 rings (SSSR count). The average molecular weight is 837 g/mol. The lowest BCUT2D eigenvalue weighted by Crippen LogP contribution is -2.39.